The quantitative estimate of drug-likeness (QED) is 0.779. The number of aromatic nitrogens is 4. The van der Waals surface area contributed by atoms with E-state index in [4.69, 9.17) is 0 Å². The highest BCUT2D eigenvalue weighted by Gasteiger charge is 2.16. The Kier molecular flexibility index (Phi) is 3.55. The first-order valence-electron chi connectivity index (χ1n) is 7.32. The molecule has 0 atom stereocenters. The Bertz CT molecular complexity index is 992. The van der Waals surface area contributed by atoms with Crippen LogP contribution in [0.2, 0.25) is 0 Å². The third-order valence-corrected chi connectivity index (χ3v) is 4.05. The number of aryl methyl sites for hydroxylation is 3. The van der Waals surface area contributed by atoms with Crippen molar-refractivity contribution in [3.8, 4) is 0 Å². The smallest absolute Gasteiger partial charge is 0.332 e. The largest absolute Gasteiger partial charge is 0.352 e. The van der Waals surface area contributed by atoms with Crippen molar-refractivity contribution < 1.29 is 0 Å². The topological polar surface area (TPSA) is 73.8 Å². The second-order valence-corrected chi connectivity index (χ2v) is 5.71. The summed E-state index contributed by atoms with van der Waals surface area (Å²) in [6, 6.07) is 8.18. The Morgan fingerprint density at radius 1 is 1.00 bits per heavy atom. The maximum atomic E-state index is 12.3. The predicted molar refractivity (Wildman–Crippen MR) is 89.7 cm³/mol. The minimum Gasteiger partial charge on any atom is -0.352 e. The Balaban J connectivity index is 2.02. The van der Waals surface area contributed by atoms with E-state index in [0.29, 0.717) is 23.7 Å². The van der Waals surface area contributed by atoms with Gasteiger partial charge in [-0.3, -0.25) is 13.9 Å². The molecule has 0 bridgehead atoms. The van der Waals surface area contributed by atoms with Crippen LogP contribution in [-0.2, 0) is 27.7 Å². The molecule has 7 heteroatoms. The SMILES string of the molecule is Cc1ccc(CNc2nc3c(c(=O)n(C)c(=O)n3C)n2C)cc1. The molecule has 2 aromatic heterocycles. The molecule has 1 aromatic carbocycles. The van der Waals surface area contributed by atoms with Crippen LogP contribution in [-0.4, -0.2) is 18.7 Å². The van der Waals surface area contributed by atoms with E-state index < -0.39 is 0 Å². The highest BCUT2D eigenvalue weighted by Crippen LogP contribution is 2.14. The molecule has 7 nitrogen and oxygen atoms in total. The van der Waals surface area contributed by atoms with E-state index >= 15 is 0 Å². The molecular weight excluding hydrogens is 294 g/mol. The predicted octanol–water partition coefficient (Wildman–Crippen LogP) is 0.891. The van der Waals surface area contributed by atoms with Gasteiger partial charge in [-0.15, -0.1) is 0 Å². The molecule has 23 heavy (non-hydrogen) atoms. The first-order chi connectivity index (χ1) is 10.9. The molecule has 0 aliphatic carbocycles. The van der Waals surface area contributed by atoms with Crippen molar-refractivity contribution in [1.29, 1.82) is 0 Å². The summed E-state index contributed by atoms with van der Waals surface area (Å²) < 4.78 is 4.16. The lowest BCUT2D eigenvalue weighted by molar-refractivity contribution is 0.705. The fraction of sp³-hybridized carbons (Fsp3) is 0.312. The van der Waals surface area contributed by atoms with Gasteiger partial charge in [0, 0.05) is 27.7 Å². The van der Waals surface area contributed by atoms with Crippen molar-refractivity contribution in [3.05, 3.63) is 56.2 Å². The van der Waals surface area contributed by atoms with Crippen LogP contribution >= 0.6 is 0 Å². The van der Waals surface area contributed by atoms with Gasteiger partial charge in [0.05, 0.1) is 0 Å². The number of nitrogens with zero attached hydrogens (tertiary/aromatic N) is 4. The summed E-state index contributed by atoms with van der Waals surface area (Å²) in [6.07, 6.45) is 0. The Morgan fingerprint density at radius 2 is 1.65 bits per heavy atom. The number of hydrogen-bond donors (Lipinski definition) is 1. The van der Waals surface area contributed by atoms with E-state index in [0.717, 1.165) is 10.1 Å². The van der Waals surface area contributed by atoms with Crippen molar-refractivity contribution >= 4 is 17.1 Å². The first-order valence-corrected chi connectivity index (χ1v) is 7.32. The minimum absolute atomic E-state index is 0.346. The number of rotatable bonds is 3. The van der Waals surface area contributed by atoms with Crippen molar-refractivity contribution in [2.75, 3.05) is 5.32 Å². The number of anilines is 1. The molecule has 0 radical (unpaired) electrons. The number of benzene rings is 1. The maximum absolute atomic E-state index is 12.3. The molecule has 3 rings (SSSR count). The van der Waals surface area contributed by atoms with Gasteiger partial charge >= 0.3 is 5.69 Å². The maximum Gasteiger partial charge on any atom is 0.332 e. The number of hydrogen-bond acceptors (Lipinski definition) is 4. The molecule has 1 N–H and O–H groups in total. The normalized spacial score (nSPS) is 11.1. The third kappa shape index (κ3) is 2.44. The average molecular weight is 313 g/mol. The van der Waals surface area contributed by atoms with E-state index in [2.05, 4.69) is 10.3 Å². The van der Waals surface area contributed by atoms with Crippen LogP contribution in [0.3, 0.4) is 0 Å². The van der Waals surface area contributed by atoms with Gasteiger partial charge < -0.3 is 9.88 Å². The van der Waals surface area contributed by atoms with Gasteiger partial charge in [-0.2, -0.15) is 4.98 Å². The number of imidazole rings is 1. The third-order valence-electron chi connectivity index (χ3n) is 4.05. The molecule has 0 amide bonds. The van der Waals surface area contributed by atoms with Crippen LogP contribution in [0.5, 0.6) is 0 Å². The van der Waals surface area contributed by atoms with Crippen molar-refractivity contribution in [2.45, 2.75) is 13.5 Å². The van der Waals surface area contributed by atoms with Crippen LogP contribution in [0.1, 0.15) is 11.1 Å². The average Bonchev–Trinajstić information content (AvgIpc) is 2.87. The van der Waals surface area contributed by atoms with Crippen LogP contribution in [0.15, 0.2) is 33.9 Å². The molecule has 120 valence electrons. The number of fused-ring (bicyclic) bond motifs is 1. The van der Waals surface area contributed by atoms with Crippen LogP contribution in [0, 0.1) is 6.92 Å². The highest BCUT2D eigenvalue weighted by atomic mass is 16.2. The molecule has 0 unspecified atom stereocenters. The standard InChI is InChI=1S/C16H19N5O2/c1-10-5-7-11(8-6-10)9-17-15-18-13-12(19(15)2)14(22)21(4)16(23)20(13)3/h5-8H,9H2,1-4H3,(H,17,18). The van der Waals surface area contributed by atoms with Gasteiger partial charge in [-0.05, 0) is 12.5 Å². The summed E-state index contributed by atoms with van der Waals surface area (Å²) in [6.45, 7) is 2.63. The summed E-state index contributed by atoms with van der Waals surface area (Å²) in [4.78, 5) is 28.7. The summed E-state index contributed by atoms with van der Waals surface area (Å²) in [5.41, 5.74) is 2.37. The Labute approximate surface area is 132 Å². The zero-order chi connectivity index (χ0) is 16.7. The molecular formula is C16H19N5O2. The molecule has 0 fully saturated rings. The lowest BCUT2D eigenvalue weighted by Gasteiger charge is -2.06. The molecule has 2 heterocycles. The lowest BCUT2D eigenvalue weighted by atomic mass is 10.1. The van der Waals surface area contributed by atoms with Gasteiger partial charge in [-0.1, -0.05) is 29.8 Å². The Morgan fingerprint density at radius 3 is 2.30 bits per heavy atom. The van der Waals surface area contributed by atoms with E-state index in [1.165, 1.54) is 17.2 Å². The van der Waals surface area contributed by atoms with Crippen molar-refractivity contribution in [2.24, 2.45) is 21.1 Å². The second-order valence-electron chi connectivity index (χ2n) is 5.71. The first kappa shape index (κ1) is 15.1. The molecule has 0 spiro atoms. The molecule has 0 saturated carbocycles. The van der Waals surface area contributed by atoms with Crippen LogP contribution in [0.4, 0.5) is 5.95 Å². The van der Waals surface area contributed by atoms with Gasteiger partial charge in [0.1, 0.15) is 0 Å². The zero-order valence-corrected chi connectivity index (χ0v) is 13.6. The second kappa shape index (κ2) is 5.42. The fourth-order valence-corrected chi connectivity index (χ4v) is 2.56. The summed E-state index contributed by atoms with van der Waals surface area (Å²) in [5, 5.41) is 3.22. The minimum atomic E-state index is -0.384. The molecule has 0 aliphatic rings. The van der Waals surface area contributed by atoms with Gasteiger partial charge in [0.2, 0.25) is 5.95 Å². The van der Waals surface area contributed by atoms with Crippen LogP contribution in [0.25, 0.3) is 11.2 Å². The Hall–Kier alpha value is -2.83. The molecule has 0 saturated heterocycles. The van der Waals surface area contributed by atoms with Crippen LogP contribution < -0.4 is 16.6 Å². The zero-order valence-electron chi connectivity index (χ0n) is 13.6. The van der Waals surface area contributed by atoms with Crippen molar-refractivity contribution in [1.82, 2.24) is 18.7 Å². The summed E-state index contributed by atoms with van der Waals surface area (Å²) in [7, 11) is 4.84. The fourth-order valence-electron chi connectivity index (χ4n) is 2.56. The summed E-state index contributed by atoms with van der Waals surface area (Å²) >= 11 is 0. The van der Waals surface area contributed by atoms with Gasteiger partial charge in [0.25, 0.3) is 5.56 Å². The van der Waals surface area contributed by atoms with Gasteiger partial charge in [-0.25, -0.2) is 4.79 Å². The van der Waals surface area contributed by atoms with Crippen molar-refractivity contribution in [3.63, 3.8) is 0 Å². The highest BCUT2D eigenvalue weighted by molar-refractivity contribution is 5.74. The lowest BCUT2D eigenvalue weighted by Crippen LogP contribution is -2.37. The van der Waals surface area contributed by atoms with E-state index in [-0.39, 0.29) is 11.2 Å². The van der Waals surface area contributed by atoms with Gasteiger partial charge in [0.15, 0.2) is 11.2 Å². The van der Waals surface area contributed by atoms with E-state index in [1.807, 2.05) is 31.2 Å². The monoisotopic (exact) mass is 313 g/mol. The van der Waals surface area contributed by atoms with E-state index in [9.17, 15) is 9.59 Å². The number of nitrogens with one attached hydrogen (secondary N) is 1. The summed E-state index contributed by atoms with van der Waals surface area (Å²) in [5.74, 6) is 0.555. The molecule has 0 aliphatic heterocycles. The van der Waals surface area contributed by atoms with E-state index in [1.54, 1.807) is 18.7 Å². The molecule has 3 aromatic rings.